The summed E-state index contributed by atoms with van der Waals surface area (Å²) in [7, 11) is 1.59. The largest absolute Gasteiger partial charge is 0.507 e. The lowest BCUT2D eigenvalue weighted by Crippen LogP contribution is -2.29. The van der Waals surface area contributed by atoms with Crippen molar-refractivity contribution in [2.24, 2.45) is 0 Å². The zero-order valence-corrected chi connectivity index (χ0v) is 21.3. The normalized spacial score (nSPS) is 17.7. The number of aliphatic hydroxyl groups excluding tert-OH is 1. The summed E-state index contributed by atoms with van der Waals surface area (Å²) in [6.07, 6.45) is 0. The Morgan fingerprint density at radius 3 is 2.33 bits per heavy atom. The van der Waals surface area contributed by atoms with E-state index in [4.69, 9.17) is 4.74 Å². The van der Waals surface area contributed by atoms with Gasteiger partial charge in [-0.3, -0.25) is 14.5 Å². The molecule has 6 nitrogen and oxygen atoms in total. The number of anilines is 1. The molecule has 2 heterocycles. The smallest absolute Gasteiger partial charge is 0.301 e. The molecule has 1 saturated heterocycles. The van der Waals surface area contributed by atoms with Crippen LogP contribution in [0.5, 0.6) is 5.75 Å². The van der Waals surface area contributed by atoms with E-state index in [1.807, 2.05) is 42.5 Å². The van der Waals surface area contributed by atoms with Gasteiger partial charge in [0, 0.05) is 5.56 Å². The van der Waals surface area contributed by atoms with Gasteiger partial charge in [-0.1, -0.05) is 86.7 Å². The van der Waals surface area contributed by atoms with Gasteiger partial charge in [0.1, 0.15) is 11.5 Å². The SMILES string of the molecule is COc1ccc2nc(N3C(=O)C(=O)C(=C(O)c4ccccc4)[C@@H]3c3ccc(C(C)(C)C)cc3)sc2c1. The third-order valence-corrected chi connectivity index (χ3v) is 7.39. The Hall–Kier alpha value is -3.97. The number of benzene rings is 3. The molecule has 0 spiro atoms. The second kappa shape index (κ2) is 8.91. The van der Waals surface area contributed by atoms with Crippen LogP contribution in [0.4, 0.5) is 5.13 Å². The number of carbonyl (C=O) groups is 2. The van der Waals surface area contributed by atoms with Crippen LogP contribution in [0.3, 0.4) is 0 Å². The third kappa shape index (κ3) is 4.05. The number of ether oxygens (including phenoxy) is 1. The predicted octanol–water partition coefficient (Wildman–Crippen LogP) is 6.23. The summed E-state index contributed by atoms with van der Waals surface area (Å²) in [5.41, 5.74) is 3.00. The Morgan fingerprint density at radius 1 is 1.00 bits per heavy atom. The molecule has 0 bridgehead atoms. The van der Waals surface area contributed by atoms with Crippen LogP contribution < -0.4 is 9.64 Å². The van der Waals surface area contributed by atoms with Crippen molar-refractivity contribution in [3.05, 3.63) is 95.1 Å². The van der Waals surface area contributed by atoms with Crippen LogP contribution in [-0.4, -0.2) is 28.9 Å². The van der Waals surface area contributed by atoms with Crippen molar-refractivity contribution in [1.82, 2.24) is 4.98 Å². The molecule has 0 aliphatic carbocycles. The van der Waals surface area contributed by atoms with Crippen LogP contribution in [0.2, 0.25) is 0 Å². The molecule has 1 aromatic heterocycles. The van der Waals surface area contributed by atoms with Crippen molar-refractivity contribution < 1.29 is 19.4 Å². The van der Waals surface area contributed by atoms with Gasteiger partial charge >= 0.3 is 5.91 Å². The van der Waals surface area contributed by atoms with E-state index in [1.54, 1.807) is 37.4 Å². The Balaban J connectivity index is 1.70. The number of Topliss-reactive ketones (excluding diaryl/α,β-unsaturated/α-hetero) is 1. The Labute approximate surface area is 213 Å². The van der Waals surface area contributed by atoms with Gasteiger partial charge in [0.15, 0.2) is 5.13 Å². The fraction of sp³-hybridized carbons (Fsp3) is 0.207. The highest BCUT2D eigenvalue weighted by molar-refractivity contribution is 7.22. The van der Waals surface area contributed by atoms with Gasteiger partial charge in [-0.2, -0.15) is 0 Å². The first kappa shape index (κ1) is 23.8. The molecular weight excluding hydrogens is 472 g/mol. The lowest BCUT2D eigenvalue weighted by molar-refractivity contribution is -0.132. The van der Waals surface area contributed by atoms with Gasteiger partial charge in [0.2, 0.25) is 0 Å². The minimum atomic E-state index is -0.818. The minimum Gasteiger partial charge on any atom is -0.507 e. The van der Waals surface area contributed by atoms with E-state index in [0.717, 1.165) is 15.8 Å². The number of hydrogen-bond acceptors (Lipinski definition) is 6. The Morgan fingerprint density at radius 2 is 1.69 bits per heavy atom. The number of aliphatic hydroxyl groups is 1. The number of aromatic nitrogens is 1. The molecule has 1 amide bonds. The monoisotopic (exact) mass is 498 g/mol. The van der Waals surface area contributed by atoms with Crippen LogP contribution in [0, 0.1) is 0 Å². The zero-order valence-electron chi connectivity index (χ0n) is 20.5. The van der Waals surface area contributed by atoms with Gasteiger partial charge in [-0.25, -0.2) is 4.98 Å². The lowest BCUT2D eigenvalue weighted by atomic mass is 9.85. The summed E-state index contributed by atoms with van der Waals surface area (Å²) in [5, 5.41) is 11.6. The van der Waals surface area contributed by atoms with Crippen LogP contribution in [0.1, 0.15) is 43.5 Å². The molecule has 5 rings (SSSR count). The van der Waals surface area contributed by atoms with Gasteiger partial charge in [0.25, 0.3) is 5.78 Å². The predicted molar refractivity (Wildman–Crippen MR) is 143 cm³/mol. The van der Waals surface area contributed by atoms with Crippen molar-refractivity contribution in [3.8, 4) is 5.75 Å². The standard InChI is InChI=1S/C29H26N2O4S/c1-29(2,3)19-12-10-17(11-13-19)24-23(25(32)18-8-6-5-7-9-18)26(33)27(34)31(24)28-30-21-15-14-20(35-4)16-22(21)36-28/h5-16,24,32H,1-4H3/t24-/m0/s1. The van der Waals surface area contributed by atoms with E-state index in [9.17, 15) is 14.7 Å². The summed E-state index contributed by atoms with van der Waals surface area (Å²) in [6.45, 7) is 6.37. The zero-order chi connectivity index (χ0) is 25.6. The van der Waals surface area contributed by atoms with Crippen molar-refractivity contribution in [1.29, 1.82) is 0 Å². The molecule has 7 heteroatoms. The molecule has 1 aliphatic heterocycles. The molecule has 0 radical (unpaired) electrons. The number of nitrogens with zero attached hydrogens (tertiary/aromatic N) is 2. The first-order chi connectivity index (χ1) is 17.2. The molecule has 1 fully saturated rings. The minimum absolute atomic E-state index is 0.0477. The quantitative estimate of drug-likeness (QED) is 0.205. The number of rotatable bonds is 4. The first-order valence-corrected chi connectivity index (χ1v) is 12.4. The number of fused-ring (bicyclic) bond motifs is 1. The summed E-state index contributed by atoms with van der Waals surface area (Å²) < 4.78 is 6.16. The van der Waals surface area contributed by atoms with E-state index in [2.05, 4.69) is 25.8 Å². The molecule has 3 aromatic carbocycles. The number of carbonyl (C=O) groups excluding carboxylic acids is 2. The highest BCUT2D eigenvalue weighted by Crippen LogP contribution is 2.45. The maximum atomic E-state index is 13.4. The second-order valence-electron chi connectivity index (χ2n) is 9.74. The van der Waals surface area contributed by atoms with Crippen LogP contribution in [0.15, 0.2) is 78.4 Å². The number of methoxy groups -OCH3 is 1. The number of amides is 1. The fourth-order valence-electron chi connectivity index (χ4n) is 4.38. The van der Waals surface area contributed by atoms with Crippen molar-refractivity contribution >= 4 is 44.1 Å². The third-order valence-electron chi connectivity index (χ3n) is 6.37. The van der Waals surface area contributed by atoms with Crippen molar-refractivity contribution in [2.75, 3.05) is 12.0 Å². The number of hydrogen-bond donors (Lipinski definition) is 1. The van der Waals surface area contributed by atoms with Crippen molar-refractivity contribution in [3.63, 3.8) is 0 Å². The van der Waals surface area contributed by atoms with Crippen LogP contribution in [-0.2, 0) is 15.0 Å². The average Bonchev–Trinajstić information content (AvgIpc) is 3.41. The van der Waals surface area contributed by atoms with Gasteiger partial charge < -0.3 is 9.84 Å². The average molecular weight is 499 g/mol. The summed E-state index contributed by atoms with van der Waals surface area (Å²) in [6, 6.07) is 21.3. The van der Waals surface area contributed by atoms with E-state index in [1.165, 1.54) is 16.2 Å². The molecular formula is C29H26N2O4S. The van der Waals surface area contributed by atoms with E-state index >= 15 is 0 Å². The molecule has 1 aliphatic rings. The summed E-state index contributed by atoms with van der Waals surface area (Å²) >= 11 is 1.30. The fourth-order valence-corrected chi connectivity index (χ4v) is 5.41. The molecule has 1 N–H and O–H groups in total. The number of thiazole rings is 1. The van der Waals surface area contributed by atoms with Crippen molar-refractivity contribution in [2.45, 2.75) is 32.2 Å². The van der Waals surface area contributed by atoms with E-state index in [0.29, 0.717) is 22.0 Å². The van der Waals surface area contributed by atoms with Crippen LogP contribution >= 0.6 is 11.3 Å². The summed E-state index contributed by atoms with van der Waals surface area (Å²) in [5.74, 6) is -0.983. The maximum absolute atomic E-state index is 13.4. The highest BCUT2D eigenvalue weighted by Gasteiger charge is 2.48. The Kier molecular flexibility index (Phi) is 5.88. The van der Waals surface area contributed by atoms with E-state index in [-0.39, 0.29) is 16.7 Å². The molecule has 0 unspecified atom stereocenters. The van der Waals surface area contributed by atoms with E-state index < -0.39 is 17.7 Å². The number of ketones is 1. The molecule has 1 atom stereocenters. The Bertz CT molecular complexity index is 1500. The topological polar surface area (TPSA) is 79.7 Å². The first-order valence-electron chi connectivity index (χ1n) is 11.6. The van der Waals surface area contributed by atoms with Gasteiger partial charge in [-0.15, -0.1) is 0 Å². The van der Waals surface area contributed by atoms with Gasteiger partial charge in [0.05, 0.1) is 28.9 Å². The molecule has 182 valence electrons. The molecule has 4 aromatic rings. The lowest BCUT2D eigenvalue weighted by Gasteiger charge is -2.24. The van der Waals surface area contributed by atoms with Crippen LogP contribution in [0.25, 0.3) is 16.0 Å². The highest BCUT2D eigenvalue weighted by atomic mass is 32.1. The molecule has 36 heavy (non-hydrogen) atoms. The maximum Gasteiger partial charge on any atom is 0.301 e. The van der Waals surface area contributed by atoms with Gasteiger partial charge in [-0.05, 0) is 34.7 Å². The molecule has 0 saturated carbocycles. The second-order valence-corrected chi connectivity index (χ2v) is 10.7. The summed E-state index contributed by atoms with van der Waals surface area (Å²) in [4.78, 5) is 32.9.